The first kappa shape index (κ1) is 17.7. The Morgan fingerprint density at radius 3 is 2.52 bits per heavy atom. The highest BCUT2D eigenvalue weighted by atomic mass is 19.1. The molecule has 1 atom stereocenters. The van der Waals surface area contributed by atoms with Crippen molar-refractivity contribution in [3.63, 3.8) is 0 Å². The van der Waals surface area contributed by atoms with Gasteiger partial charge in [0.05, 0.1) is 20.3 Å². The highest BCUT2D eigenvalue weighted by Crippen LogP contribution is 2.36. The lowest BCUT2D eigenvalue weighted by Crippen LogP contribution is -2.33. The van der Waals surface area contributed by atoms with E-state index in [-0.39, 0.29) is 11.9 Å². The van der Waals surface area contributed by atoms with E-state index in [0.29, 0.717) is 5.75 Å². The monoisotopic (exact) mass is 344 g/mol. The van der Waals surface area contributed by atoms with Gasteiger partial charge in [-0.25, -0.2) is 4.39 Å². The predicted octanol–water partition coefficient (Wildman–Crippen LogP) is 3.23. The number of nitrogens with one attached hydrogen (secondary N) is 1. The lowest BCUT2D eigenvalue weighted by molar-refractivity contribution is 0.235. The van der Waals surface area contributed by atoms with Gasteiger partial charge in [-0.2, -0.15) is 0 Å². The summed E-state index contributed by atoms with van der Waals surface area (Å²) in [6.07, 6.45) is 1.06. The highest BCUT2D eigenvalue weighted by Gasteiger charge is 2.26. The minimum Gasteiger partial charge on any atom is -0.497 e. The molecule has 0 aromatic heterocycles. The molecule has 5 heteroatoms. The Morgan fingerprint density at radius 1 is 1.00 bits per heavy atom. The standard InChI is InChI=1S/C20H25FN2O2/c1-24-17-7-4-15(5-8-17)20(23-12-3-10-22-11-13-23)18-14-16(21)6-9-19(18)25-2/h4-9,14,20,22H,3,10-13H2,1-2H3. The third-order valence-corrected chi connectivity index (χ3v) is 4.66. The van der Waals surface area contributed by atoms with Crippen LogP contribution in [0.3, 0.4) is 0 Å². The molecule has 25 heavy (non-hydrogen) atoms. The number of rotatable bonds is 5. The smallest absolute Gasteiger partial charge is 0.124 e. The van der Waals surface area contributed by atoms with Crippen molar-refractivity contribution >= 4 is 0 Å². The Hall–Kier alpha value is -2.11. The minimum atomic E-state index is -0.248. The predicted molar refractivity (Wildman–Crippen MR) is 96.8 cm³/mol. The molecule has 3 rings (SSSR count). The first-order chi connectivity index (χ1) is 12.2. The number of halogens is 1. The van der Waals surface area contributed by atoms with Crippen LogP contribution in [0.5, 0.6) is 11.5 Å². The zero-order valence-electron chi connectivity index (χ0n) is 14.8. The summed E-state index contributed by atoms with van der Waals surface area (Å²) in [5, 5.41) is 3.43. The lowest BCUT2D eigenvalue weighted by atomic mass is 9.95. The molecule has 0 radical (unpaired) electrons. The average molecular weight is 344 g/mol. The van der Waals surface area contributed by atoms with Crippen molar-refractivity contribution in [3.8, 4) is 11.5 Å². The van der Waals surface area contributed by atoms with Crippen molar-refractivity contribution in [2.75, 3.05) is 40.4 Å². The van der Waals surface area contributed by atoms with Crippen LogP contribution in [-0.4, -0.2) is 45.3 Å². The zero-order valence-corrected chi connectivity index (χ0v) is 14.8. The molecule has 134 valence electrons. The van der Waals surface area contributed by atoms with E-state index in [1.807, 2.05) is 24.3 Å². The lowest BCUT2D eigenvalue weighted by Gasteiger charge is -2.32. The van der Waals surface area contributed by atoms with Crippen LogP contribution in [0.2, 0.25) is 0 Å². The maximum Gasteiger partial charge on any atom is 0.124 e. The van der Waals surface area contributed by atoms with Crippen LogP contribution in [0, 0.1) is 5.82 Å². The molecule has 0 bridgehead atoms. The second-order valence-electron chi connectivity index (χ2n) is 6.20. The number of hydrogen-bond acceptors (Lipinski definition) is 4. The molecule has 1 heterocycles. The van der Waals surface area contributed by atoms with Crippen LogP contribution < -0.4 is 14.8 Å². The minimum absolute atomic E-state index is 0.0588. The number of methoxy groups -OCH3 is 2. The topological polar surface area (TPSA) is 33.7 Å². The van der Waals surface area contributed by atoms with E-state index in [0.717, 1.165) is 49.5 Å². The Labute approximate surface area is 148 Å². The molecule has 1 aliphatic rings. The number of benzene rings is 2. The van der Waals surface area contributed by atoms with Crippen LogP contribution in [0.4, 0.5) is 4.39 Å². The maximum atomic E-state index is 14.0. The van der Waals surface area contributed by atoms with Crippen LogP contribution >= 0.6 is 0 Å². The summed E-state index contributed by atoms with van der Waals surface area (Å²) in [4.78, 5) is 2.39. The van der Waals surface area contributed by atoms with Crippen molar-refractivity contribution in [2.24, 2.45) is 0 Å². The SMILES string of the molecule is COc1ccc(C(c2cc(F)ccc2OC)N2CCCNCC2)cc1. The van der Waals surface area contributed by atoms with Gasteiger partial charge in [-0.3, -0.25) is 4.90 Å². The fourth-order valence-electron chi connectivity index (χ4n) is 3.42. The van der Waals surface area contributed by atoms with Crippen molar-refractivity contribution in [3.05, 3.63) is 59.4 Å². The van der Waals surface area contributed by atoms with E-state index in [9.17, 15) is 4.39 Å². The fourth-order valence-corrected chi connectivity index (χ4v) is 3.42. The van der Waals surface area contributed by atoms with Crippen LogP contribution in [0.25, 0.3) is 0 Å². The van der Waals surface area contributed by atoms with Crippen molar-refractivity contribution in [1.82, 2.24) is 10.2 Å². The van der Waals surface area contributed by atoms with Crippen molar-refractivity contribution < 1.29 is 13.9 Å². The largest absolute Gasteiger partial charge is 0.497 e. The van der Waals surface area contributed by atoms with E-state index >= 15 is 0 Å². The Morgan fingerprint density at radius 2 is 1.80 bits per heavy atom. The van der Waals surface area contributed by atoms with Gasteiger partial charge in [-0.15, -0.1) is 0 Å². The molecule has 2 aromatic carbocycles. The van der Waals surface area contributed by atoms with E-state index in [1.165, 1.54) is 6.07 Å². The van der Waals surface area contributed by atoms with Gasteiger partial charge in [0, 0.05) is 25.2 Å². The molecule has 0 spiro atoms. The highest BCUT2D eigenvalue weighted by molar-refractivity contribution is 5.43. The molecular weight excluding hydrogens is 319 g/mol. The Kier molecular flexibility index (Phi) is 5.89. The van der Waals surface area contributed by atoms with Crippen LogP contribution in [0.1, 0.15) is 23.6 Å². The average Bonchev–Trinajstić information content (AvgIpc) is 2.92. The van der Waals surface area contributed by atoms with Gasteiger partial charge in [0.25, 0.3) is 0 Å². The summed E-state index contributed by atoms with van der Waals surface area (Å²) >= 11 is 0. The zero-order chi connectivity index (χ0) is 17.6. The molecule has 0 aliphatic carbocycles. The molecule has 1 fully saturated rings. The van der Waals surface area contributed by atoms with Gasteiger partial charge in [-0.1, -0.05) is 12.1 Å². The summed E-state index contributed by atoms with van der Waals surface area (Å²) in [5.41, 5.74) is 1.96. The molecule has 1 aliphatic heterocycles. The van der Waals surface area contributed by atoms with Crippen molar-refractivity contribution in [1.29, 1.82) is 0 Å². The van der Waals surface area contributed by atoms with Gasteiger partial charge < -0.3 is 14.8 Å². The molecule has 0 amide bonds. The summed E-state index contributed by atoms with van der Waals surface area (Å²) < 4.78 is 24.8. The molecule has 1 saturated heterocycles. The fraction of sp³-hybridized carbons (Fsp3) is 0.400. The quantitative estimate of drug-likeness (QED) is 0.903. The molecule has 1 unspecified atom stereocenters. The third-order valence-electron chi connectivity index (χ3n) is 4.66. The number of nitrogens with zero attached hydrogens (tertiary/aromatic N) is 1. The van der Waals surface area contributed by atoms with Gasteiger partial charge in [0.15, 0.2) is 0 Å². The van der Waals surface area contributed by atoms with E-state index in [1.54, 1.807) is 26.4 Å². The van der Waals surface area contributed by atoms with Crippen LogP contribution in [0.15, 0.2) is 42.5 Å². The maximum absolute atomic E-state index is 14.0. The Bertz CT molecular complexity index is 683. The van der Waals surface area contributed by atoms with Gasteiger partial charge in [-0.05, 0) is 48.9 Å². The van der Waals surface area contributed by atoms with Gasteiger partial charge in [0.1, 0.15) is 17.3 Å². The van der Waals surface area contributed by atoms with E-state index in [2.05, 4.69) is 10.2 Å². The second-order valence-corrected chi connectivity index (χ2v) is 6.20. The summed E-state index contributed by atoms with van der Waals surface area (Å²) in [6.45, 7) is 3.77. The summed E-state index contributed by atoms with van der Waals surface area (Å²) in [5.74, 6) is 1.27. The number of ether oxygens (including phenoxy) is 2. The first-order valence-corrected chi connectivity index (χ1v) is 8.65. The summed E-state index contributed by atoms with van der Waals surface area (Å²) in [7, 11) is 3.29. The molecule has 2 aromatic rings. The molecule has 1 N–H and O–H groups in total. The van der Waals surface area contributed by atoms with Crippen molar-refractivity contribution in [2.45, 2.75) is 12.5 Å². The van der Waals surface area contributed by atoms with E-state index in [4.69, 9.17) is 9.47 Å². The molecule has 4 nitrogen and oxygen atoms in total. The van der Waals surface area contributed by atoms with Gasteiger partial charge in [0.2, 0.25) is 0 Å². The van der Waals surface area contributed by atoms with E-state index < -0.39 is 0 Å². The Balaban J connectivity index is 2.05. The molecule has 0 saturated carbocycles. The van der Waals surface area contributed by atoms with Crippen LogP contribution in [-0.2, 0) is 0 Å². The van der Waals surface area contributed by atoms with Gasteiger partial charge >= 0.3 is 0 Å². The third kappa shape index (κ3) is 4.11. The number of hydrogen-bond donors (Lipinski definition) is 1. The first-order valence-electron chi connectivity index (χ1n) is 8.65. The second kappa shape index (κ2) is 8.32. The summed E-state index contributed by atoms with van der Waals surface area (Å²) in [6, 6.07) is 12.7. The normalized spacial score (nSPS) is 16.9. The molecular formula is C20H25FN2O2.